The number of methoxy groups -OCH3 is 1. The van der Waals surface area contributed by atoms with Crippen molar-refractivity contribution in [1.29, 1.82) is 0 Å². The number of carbonyl (C=O) groups is 1. The second kappa shape index (κ2) is 8.07. The van der Waals surface area contributed by atoms with E-state index in [2.05, 4.69) is 33.9 Å². The Morgan fingerprint density at radius 3 is 2.48 bits per heavy atom. The summed E-state index contributed by atoms with van der Waals surface area (Å²) < 4.78 is 23.4. The quantitative estimate of drug-likeness (QED) is 0.497. The Kier molecular flexibility index (Phi) is 6.74. The third kappa shape index (κ3) is 4.84. The van der Waals surface area contributed by atoms with E-state index in [9.17, 15) is 4.79 Å². The molecule has 0 bridgehead atoms. The summed E-state index contributed by atoms with van der Waals surface area (Å²) >= 11 is 0. The summed E-state index contributed by atoms with van der Waals surface area (Å²) in [6, 6.07) is 0. The van der Waals surface area contributed by atoms with Crippen molar-refractivity contribution >= 4 is 14.3 Å². The topological polar surface area (TPSA) is 54.0 Å². The first-order chi connectivity index (χ1) is 11.6. The first-order valence-electron chi connectivity index (χ1n) is 9.60. The van der Waals surface area contributed by atoms with Crippen molar-refractivity contribution in [3.8, 4) is 0 Å². The van der Waals surface area contributed by atoms with Crippen LogP contribution in [0.3, 0.4) is 0 Å². The van der Waals surface area contributed by atoms with Gasteiger partial charge in [0, 0.05) is 19.4 Å². The molecular weight excluding hydrogens is 336 g/mol. The fourth-order valence-corrected chi connectivity index (χ4v) is 5.24. The predicted molar refractivity (Wildman–Crippen MR) is 99.8 cm³/mol. The van der Waals surface area contributed by atoms with E-state index in [0.717, 1.165) is 19.3 Å². The maximum Gasteiger partial charge on any atom is 0.305 e. The van der Waals surface area contributed by atoms with Gasteiger partial charge in [-0.05, 0) is 49.7 Å². The molecule has 2 fully saturated rings. The molecule has 1 saturated carbocycles. The maximum atomic E-state index is 11.7. The van der Waals surface area contributed by atoms with Crippen LogP contribution in [0.4, 0.5) is 0 Å². The molecule has 0 amide bonds. The molecule has 1 aliphatic heterocycles. The molecule has 0 spiro atoms. The molecule has 0 aromatic heterocycles. The molecule has 2 rings (SSSR count). The van der Waals surface area contributed by atoms with E-state index in [-0.39, 0.29) is 29.5 Å². The van der Waals surface area contributed by atoms with Crippen molar-refractivity contribution in [2.24, 2.45) is 11.8 Å². The van der Waals surface area contributed by atoms with Crippen LogP contribution < -0.4 is 0 Å². The standard InChI is InChI=1S/C19H36O5Si/c1-8-22-18-11-14-13(9-10-17(20)21-5)16(12-15(14)23-18)24-25(6,7)19(2,3)4/h13-16,18H,8-12H2,1-7H3/t13?,14?,15-,16?,18?/m0/s1. The third-order valence-electron chi connectivity index (χ3n) is 6.28. The molecule has 5 nitrogen and oxygen atoms in total. The smallest absolute Gasteiger partial charge is 0.305 e. The van der Waals surface area contributed by atoms with Crippen molar-refractivity contribution in [3.63, 3.8) is 0 Å². The Bertz CT molecular complexity index is 459. The van der Waals surface area contributed by atoms with Crippen LogP contribution >= 0.6 is 0 Å². The van der Waals surface area contributed by atoms with E-state index in [1.54, 1.807) is 0 Å². The van der Waals surface area contributed by atoms with Crippen molar-refractivity contribution in [3.05, 3.63) is 0 Å². The summed E-state index contributed by atoms with van der Waals surface area (Å²) in [7, 11) is -0.408. The van der Waals surface area contributed by atoms with Crippen LogP contribution in [-0.4, -0.2) is 46.5 Å². The third-order valence-corrected chi connectivity index (χ3v) is 10.8. The highest BCUT2D eigenvalue weighted by molar-refractivity contribution is 6.74. The van der Waals surface area contributed by atoms with Gasteiger partial charge < -0.3 is 18.6 Å². The van der Waals surface area contributed by atoms with Crippen LogP contribution in [0.2, 0.25) is 18.1 Å². The first-order valence-corrected chi connectivity index (χ1v) is 12.5. The van der Waals surface area contributed by atoms with Gasteiger partial charge in [0.25, 0.3) is 0 Å². The average Bonchev–Trinajstić information content (AvgIpc) is 3.01. The zero-order valence-corrected chi connectivity index (χ0v) is 18.0. The van der Waals surface area contributed by atoms with Crippen molar-refractivity contribution in [2.45, 2.75) is 90.0 Å². The fourth-order valence-electron chi connectivity index (χ4n) is 3.86. The van der Waals surface area contributed by atoms with E-state index in [4.69, 9.17) is 18.6 Å². The Hall–Kier alpha value is -0.433. The van der Waals surface area contributed by atoms with Gasteiger partial charge in [0.05, 0.1) is 19.3 Å². The zero-order valence-electron chi connectivity index (χ0n) is 17.0. The minimum atomic E-state index is -1.86. The summed E-state index contributed by atoms with van der Waals surface area (Å²) in [4.78, 5) is 11.7. The van der Waals surface area contributed by atoms with Gasteiger partial charge >= 0.3 is 5.97 Å². The molecule has 6 heteroatoms. The summed E-state index contributed by atoms with van der Waals surface area (Å²) in [5.74, 6) is 0.606. The van der Waals surface area contributed by atoms with Crippen LogP contribution in [0.1, 0.15) is 53.4 Å². The van der Waals surface area contributed by atoms with Gasteiger partial charge in [-0.2, -0.15) is 0 Å². The summed E-state index contributed by atoms with van der Waals surface area (Å²) in [6.07, 6.45) is 3.32. The molecule has 1 aliphatic carbocycles. The van der Waals surface area contributed by atoms with Crippen molar-refractivity contribution in [1.82, 2.24) is 0 Å². The number of esters is 1. The molecule has 146 valence electrons. The van der Waals surface area contributed by atoms with Gasteiger partial charge in [-0.1, -0.05) is 20.8 Å². The molecule has 0 aromatic carbocycles. The number of hydrogen-bond donors (Lipinski definition) is 0. The lowest BCUT2D eigenvalue weighted by molar-refractivity contribution is -0.141. The number of carbonyl (C=O) groups excluding carboxylic acids is 1. The summed E-state index contributed by atoms with van der Waals surface area (Å²) in [6.45, 7) is 14.0. The number of rotatable bonds is 7. The monoisotopic (exact) mass is 372 g/mol. The molecule has 0 radical (unpaired) electrons. The van der Waals surface area contributed by atoms with Gasteiger partial charge in [-0.15, -0.1) is 0 Å². The van der Waals surface area contributed by atoms with E-state index >= 15 is 0 Å². The van der Waals surface area contributed by atoms with E-state index in [1.165, 1.54) is 7.11 Å². The lowest BCUT2D eigenvalue weighted by Crippen LogP contribution is -2.45. The molecule has 1 heterocycles. The highest BCUT2D eigenvalue weighted by atomic mass is 28.4. The normalized spacial score (nSPS) is 32.7. The van der Waals surface area contributed by atoms with Gasteiger partial charge in [0.2, 0.25) is 0 Å². The van der Waals surface area contributed by atoms with Crippen LogP contribution in [0.25, 0.3) is 0 Å². The van der Waals surface area contributed by atoms with E-state index in [0.29, 0.717) is 24.9 Å². The van der Waals surface area contributed by atoms with Crippen LogP contribution in [-0.2, 0) is 23.4 Å². The van der Waals surface area contributed by atoms with E-state index < -0.39 is 8.32 Å². The minimum absolute atomic E-state index is 0.102. The van der Waals surface area contributed by atoms with E-state index in [1.807, 2.05) is 6.92 Å². The van der Waals surface area contributed by atoms with Gasteiger partial charge in [-0.25, -0.2) is 0 Å². The number of ether oxygens (including phenoxy) is 3. The molecule has 0 N–H and O–H groups in total. The second-order valence-corrected chi connectivity index (χ2v) is 13.6. The Morgan fingerprint density at radius 2 is 1.92 bits per heavy atom. The van der Waals surface area contributed by atoms with Crippen LogP contribution in [0.5, 0.6) is 0 Å². The zero-order chi connectivity index (χ0) is 18.8. The largest absolute Gasteiger partial charge is 0.469 e. The molecule has 25 heavy (non-hydrogen) atoms. The average molecular weight is 373 g/mol. The van der Waals surface area contributed by atoms with Gasteiger partial charge in [-0.3, -0.25) is 4.79 Å². The summed E-state index contributed by atoms with van der Waals surface area (Å²) in [5, 5.41) is 0.173. The van der Waals surface area contributed by atoms with Crippen molar-refractivity contribution < 1.29 is 23.4 Å². The Balaban J connectivity index is 2.09. The molecular formula is C19H36O5Si. The lowest BCUT2D eigenvalue weighted by Gasteiger charge is -2.40. The molecule has 4 unspecified atom stereocenters. The highest BCUT2D eigenvalue weighted by Crippen LogP contribution is 2.49. The molecule has 0 aromatic rings. The molecule has 2 aliphatic rings. The SMILES string of the molecule is CCOC1CC2C(CCC(=O)OC)C(O[Si](C)(C)C(C)(C)C)C[C@@H]2O1. The number of hydrogen-bond acceptors (Lipinski definition) is 5. The molecule has 5 atom stereocenters. The Morgan fingerprint density at radius 1 is 1.24 bits per heavy atom. The van der Waals surface area contributed by atoms with Gasteiger partial charge in [0.1, 0.15) is 0 Å². The van der Waals surface area contributed by atoms with Crippen molar-refractivity contribution in [2.75, 3.05) is 13.7 Å². The fraction of sp³-hybridized carbons (Fsp3) is 0.947. The van der Waals surface area contributed by atoms with Crippen LogP contribution in [0, 0.1) is 11.8 Å². The van der Waals surface area contributed by atoms with Crippen LogP contribution in [0.15, 0.2) is 0 Å². The van der Waals surface area contributed by atoms with Gasteiger partial charge in [0.15, 0.2) is 14.6 Å². The lowest BCUT2D eigenvalue weighted by atomic mass is 9.88. The minimum Gasteiger partial charge on any atom is -0.469 e. The predicted octanol–water partition coefficient (Wildman–Crippen LogP) is 4.12. The Labute approximate surface area is 153 Å². The number of fused-ring (bicyclic) bond motifs is 1. The summed E-state index contributed by atoms with van der Waals surface area (Å²) in [5.41, 5.74) is 0. The molecule has 1 saturated heterocycles. The highest BCUT2D eigenvalue weighted by Gasteiger charge is 2.52. The first kappa shape index (κ1) is 20.9. The second-order valence-electron chi connectivity index (χ2n) is 8.89. The maximum absolute atomic E-state index is 11.7.